The van der Waals surface area contributed by atoms with Crippen molar-refractivity contribution in [3.8, 4) is 0 Å². The maximum atomic E-state index is 13.9. The summed E-state index contributed by atoms with van der Waals surface area (Å²) in [5.74, 6) is 5.26. The first-order valence-corrected chi connectivity index (χ1v) is 11.5. The van der Waals surface area contributed by atoms with Crippen LogP contribution in [0.2, 0.25) is 0 Å². The average molecular weight is 461 g/mol. The van der Waals surface area contributed by atoms with Crippen LogP contribution in [0.15, 0.2) is 29.4 Å². The molecule has 0 saturated heterocycles. The van der Waals surface area contributed by atoms with E-state index in [9.17, 15) is 14.0 Å². The number of primary amides is 1. The maximum absolute atomic E-state index is 13.9. The summed E-state index contributed by atoms with van der Waals surface area (Å²) in [6.07, 6.45) is 3.96. The highest BCUT2D eigenvalue weighted by atomic mass is 32.2. The molecule has 1 aliphatic rings. The summed E-state index contributed by atoms with van der Waals surface area (Å²) in [5, 5.41) is 11.6. The van der Waals surface area contributed by atoms with Crippen LogP contribution in [-0.4, -0.2) is 32.4 Å². The lowest BCUT2D eigenvalue weighted by molar-refractivity contribution is -0.113. The van der Waals surface area contributed by atoms with Crippen LogP contribution in [0.4, 0.5) is 9.39 Å². The van der Waals surface area contributed by atoms with E-state index in [1.807, 2.05) is 0 Å². The van der Waals surface area contributed by atoms with Crippen LogP contribution in [-0.2, 0) is 24.1 Å². The van der Waals surface area contributed by atoms with E-state index in [1.54, 1.807) is 18.2 Å². The Balaban J connectivity index is 1.41. The molecule has 4 rings (SSSR count). The molecule has 0 spiro atoms. The van der Waals surface area contributed by atoms with Crippen LogP contribution in [0.1, 0.15) is 45.0 Å². The Morgan fingerprint density at radius 3 is 2.77 bits per heavy atom. The Labute approximate surface area is 186 Å². The van der Waals surface area contributed by atoms with Crippen molar-refractivity contribution < 1.29 is 14.0 Å². The van der Waals surface area contributed by atoms with Crippen molar-refractivity contribution in [3.63, 3.8) is 0 Å². The molecule has 0 bridgehead atoms. The Bertz CT molecular complexity index is 1140. The van der Waals surface area contributed by atoms with Crippen molar-refractivity contribution in [2.45, 2.75) is 37.3 Å². The zero-order chi connectivity index (χ0) is 22.0. The number of nitrogens with two attached hydrogens (primary N) is 2. The summed E-state index contributed by atoms with van der Waals surface area (Å²) < 4.78 is 15.1. The molecular weight excluding hydrogens is 439 g/mol. The molecule has 31 heavy (non-hydrogen) atoms. The van der Waals surface area contributed by atoms with Gasteiger partial charge in [0.15, 0.2) is 5.82 Å². The first-order chi connectivity index (χ1) is 14.9. The van der Waals surface area contributed by atoms with Gasteiger partial charge in [0.25, 0.3) is 5.91 Å². The van der Waals surface area contributed by atoms with Crippen molar-refractivity contribution in [2.75, 3.05) is 16.9 Å². The number of aryl methyl sites for hydroxylation is 1. The zero-order valence-corrected chi connectivity index (χ0v) is 18.2. The fourth-order valence-corrected chi connectivity index (χ4v) is 5.53. The second-order valence-corrected chi connectivity index (χ2v) is 9.20. The molecule has 0 unspecified atom stereocenters. The molecular formula is C20H21FN6O2S2. The van der Waals surface area contributed by atoms with Gasteiger partial charge in [0, 0.05) is 11.3 Å². The van der Waals surface area contributed by atoms with Gasteiger partial charge >= 0.3 is 0 Å². The third kappa shape index (κ3) is 4.57. The van der Waals surface area contributed by atoms with Gasteiger partial charge < -0.3 is 16.9 Å². The molecule has 162 valence electrons. The summed E-state index contributed by atoms with van der Waals surface area (Å²) in [6, 6.07) is 6.37. The number of hydrogen-bond acceptors (Lipinski definition) is 7. The van der Waals surface area contributed by atoms with Gasteiger partial charge in [-0.15, -0.1) is 21.5 Å². The summed E-state index contributed by atoms with van der Waals surface area (Å²) in [6.45, 7) is 0. The summed E-state index contributed by atoms with van der Waals surface area (Å²) in [5.41, 5.74) is 7.41. The van der Waals surface area contributed by atoms with Crippen LogP contribution in [0, 0.1) is 5.82 Å². The number of nitrogens with one attached hydrogen (secondary N) is 1. The van der Waals surface area contributed by atoms with Crippen LogP contribution < -0.4 is 16.9 Å². The number of carbonyl (C=O) groups excluding carboxylic acids is 2. The molecule has 2 heterocycles. The minimum absolute atomic E-state index is 0.0236. The first kappa shape index (κ1) is 21.3. The lowest BCUT2D eigenvalue weighted by Crippen LogP contribution is -2.20. The normalized spacial score (nSPS) is 13.1. The van der Waals surface area contributed by atoms with Crippen molar-refractivity contribution in [1.29, 1.82) is 0 Å². The third-order valence-corrected chi connectivity index (χ3v) is 7.19. The number of benzene rings is 1. The predicted octanol–water partition coefficient (Wildman–Crippen LogP) is 2.49. The van der Waals surface area contributed by atoms with Crippen LogP contribution in [0.3, 0.4) is 0 Å². The van der Waals surface area contributed by atoms with E-state index in [0.29, 0.717) is 27.1 Å². The molecule has 5 N–H and O–H groups in total. The number of thioether (sulfide) groups is 1. The number of carbonyl (C=O) groups is 2. The number of aromatic nitrogens is 3. The highest BCUT2D eigenvalue weighted by Gasteiger charge is 2.25. The fraction of sp³-hybridized carbons (Fsp3) is 0.300. The molecule has 2 amide bonds. The van der Waals surface area contributed by atoms with E-state index in [2.05, 4.69) is 15.5 Å². The Hall–Kier alpha value is -2.92. The molecule has 1 aliphatic carbocycles. The molecule has 2 aromatic heterocycles. The van der Waals surface area contributed by atoms with E-state index in [4.69, 9.17) is 11.6 Å². The SMILES string of the molecule is NC(=O)c1c(NC(=O)CSc2nnc(Cc3ccccc3F)n2N)sc2c1CCCC2. The highest BCUT2D eigenvalue weighted by Crippen LogP contribution is 2.38. The van der Waals surface area contributed by atoms with Gasteiger partial charge in [0.1, 0.15) is 10.8 Å². The van der Waals surface area contributed by atoms with E-state index < -0.39 is 5.91 Å². The number of hydrogen-bond donors (Lipinski definition) is 3. The van der Waals surface area contributed by atoms with Crippen molar-refractivity contribution >= 4 is 39.9 Å². The van der Waals surface area contributed by atoms with Gasteiger partial charge in [-0.1, -0.05) is 30.0 Å². The van der Waals surface area contributed by atoms with Crippen LogP contribution >= 0.6 is 23.1 Å². The van der Waals surface area contributed by atoms with E-state index in [1.165, 1.54) is 22.1 Å². The molecule has 0 radical (unpaired) electrons. The quantitative estimate of drug-likeness (QED) is 0.367. The number of nitrogens with zero attached hydrogens (tertiary/aromatic N) is 3. The topological polar surface area (TPSA) is 129 Å². The molecule has 11 heteroatoms. The lowest BCUT2D eigenvalue weighted by atomic mass is 9.95. The molecule has 0 saturated carbocycles. The van der Waals surface area contributed by atoms with Crippen LogP contribution in [0.5, 0.6) is 0 Å². The van der Waals surface area contributed by atoms with Gasteiger partial charge in [-0.2, -0.15) is 0 Å². The highest BCUT2D eigenvalue weighted by molar-refractivity contribution is 7.99. The summed E-state index contributed by atoms with van der Waals surface area (Å²) in [4.78, 5) is 25.6. The average Bonchev–Trinajstić information content (AvgIpc) is 3.28. The maximum Gasteiger partial charge on any atom is 0.251 e. The fourth-order valence-electron chi connectivity index (χ4n) is 3.55. The molecule has 0 fully saturated rings. The number of nitrogen functional groups attached to an aromatic ring is 1. The minimum atomic E-state index is -0.526. The van der Waals surface area contributed by atoms with Gasteiger partial charge in [-0.3, -0.25) is 9.59 Å². The molecule has 0 aliphatic heterocycles. The van der Waals surface area contributed by atoms with Crippen LogP contribution in [0.25, 0.3) is 0 Å². The Morgan fingerprint density at radius 1 is 1.23 bits per heavy atom. The lowest BCUT2D eigenvalue weighted by Gasteiger charge is -2.11. The first-order valence-electron chi connectivity index (χ1n) is 9.73. The number of amides is 2. The number of halogens is 1. The standard InChI is InChI=1S/C20H21FN6O2S2/c21-13-7-3-1-5-11(13)9-15-25-26-20(27(15)23)30-10-16(28)24-19-17(18(22)29)12-6-2-4-8-14(12)31-19/h1,3,5,7H,2,4,6,8-10,23H2,(H2,22,29)(H,24,28). The minimum Gasteiger partial charge on any atom is -0.365 e. The van der Waals surface area contributed by atoms with Gasteiger partial charge in [-0.05, 0) is 42.9 Å². The molecule has 0 atom stereocenters. The van der Waals surface area contributed by atoms with E-state index >= 15 is 0 Å². The third-order valence-electron chi connectivity index (χ3n) is 5.04. The molecule has 1 aromatic carbocycles. The van der Waals surface area contributed by atoms with E-state index in [0.717, 1.165) is 47.9 Å². The smallest absolute Gasteiger partial charge is 0.251 e. The van der Waals surface area contributed by atoms with Gasteiger partial charge in [-0.25, -0.2) is 9.07 Å². The van der Waals surface area contributed by atoms with Crippen molar-refractivity contribution in [2.24, 2.45) is 5.73 Å². The second kappa shape index (κ2) is 9.06. The number of rotatable bonds is 7. The summed E-state index contributed by atoms with van der Waals surface area (Å²) >= 11 is 2.52. The predicted molar refractivity (Wildman–Crippen MR) is 118 cm³/mol. The second-order valence-electron chi connectivity index (χ2n) is 7.15. The monoisotopic (exact) mass is 460 g/mol. The Morgan fingerprint density at radius 2 is 2.00 bits per heavy atom. The molecule has 8 nitrogen and oxygen atoms in total. The Kier molecular flexibility index (Phi) is 6.23. The van der Waals surface area contributed by atoms with E-state index in [-0.39, 0.29) is 23.9 Å². The van der Waals surface area contributed by atoms with Gasteiger partial charge in [0.2, 0.25) is 11.1 Å². The largest absolute Gasteiger partial charge is 0.365 e. The number of fused-ring (bicyclic) bond motifs is 1. The number of anilines is 1. The summed E-state index contributed by atoms with van der Waals surface area (Å²) in [7, 11) is 0. The zero-order valence-electron chi connectivity index (χ0n) is 16.6. The number of thiophene rings is 1. The van der Waals surface area contributed by atoms with Crippen molar-refractivity contribution in [1.82, 2.24) is 14.9 Å². The van der Waals surface area contributed by atoms with Crippen molar-refractivity contribution in [3.05, 3.63) is 57.5 Å². The van der Waals surface area contributed by atoms with Gasteiger partial charge in [0.05, 0.1) is 11.3 Å². The molecule has 3 aromatic rings.